The van der Waals surface area contributed by atoms with Crippen LogP contribution in [0.15, 0.2) is 53.1 Å². The SMILES string of the molecule is COc1ccccc1C(=O)N1CCN([C@@H](C)c2nc(-c3cccc(C(F)(F)F)c3)no2)CC1. The van der Waals surface area contributed by atoms with E-state index in [0.29, 0.717) is 43.4 Å². The van der Waals surface area contributed by atoms with Gasteiger partial charge >= 0.3 is 6.18 Å². The summed E-state index contributed by atoms with van der Waals surface area (Å²) in [4.78, 5) is 21.1. The Morgan fingerprint density at radius 2 is 1.82 bits per heavy atom. The van der Waals surface area contributed by atoms with Crippen LogP contribution in [-0.2, 0) is 6.18 Å². The lowest BCUT2D eigenvalue weighted by atomic mass is 10.1. The molecule has 0 spiro atoms. The van der Waals surface area contributed by atoms with E-state index in [0.717, 1.165) is 12.1 Å². The number of para-hydroxylation sites is 1. The molecule has 0 bridgehead atoms. The molecule has 1 atom stereocenters. The highest BCUT2D eigenvalue weighted by Gasteiger charge is 2.32. The summed E-state index contributed by atoms with van der Waals surface area (Å²) in [6.07, 6.45) is -4.45. The summed E-state index contributed by atoms with van der Waals surface area (Å²) in [6, 6.07) is 11.7. The van der Waals surface area contributed by atoms with Gasteiger partial charge in [-0.3, -0.25) is 9.69 Å². The fourth-order valence-corrected chi connectivity index (χ4v) is 3.82. The second kappa shape index (κ2) is 9.22. The summed E-state index contributed by atoms with van der Waals surface area (Å²) >= 11 is 0. The molecule has 174 valence electrons. The first-order valence-electron chi connectivity index (χ1n) is 10.5. The predicted molar refractivity (Wildman–Crippen MR) is 114 cm³/mol. The maximum Gasteiger partial charge on any atom is 0.416 e. The quantitative estimate of drug-likeness (QED) is 0.566. The lowest BCUT2D eigenvalue weighted by Crippen LogP contribution is -2.49. The molecule has 7 nitrogen and oxygen atoms in total. The Balaban J connectivity index is 1.41. The van der Waals surface area contributed by atoms with Gasteiger partial charge < -0.3 is 14.2 Å². The molecule has 1 aliphatic rings. The van der Waals surface area contributed by atoms with Crippen LogP contribution >= 0.6 is 0 Å². The number of benzene rings is 2. The van der Waals surface area contributed by atoms with Crippen LogP contribution < -0.4 is 4.74 Å². The number of nitrogens with zero attached hydrogens (tertiary/aromatic N) is 4. The summed E-state index contributed by atoms with van der Waals surface area (Å²) < 4.78 is 49.6. The molecule has 1 fully saturated rings. The van der Waals surface area contributed by atoms with E-state index in [1.54, 1.807) is 23.1 Å². The summed E-state index contributed by atoms with van der Waals surface area (Å²) in [5, 5.41) is 3.87. The second-order valence-electron chi connectivity index (χ2n) is 7.74. The number of hydrogen-bond donors (Lipinski definition) is 0. The molecule has 10 heteroatoms. The Bertz CT molecular complexity index is 1120. The third-order valence-electron chi connectivity index (χ3n) is 5.73. The molecule has 0 unspecified atom stereocenters. The molecule has 1 amide bonds. The average molecular weight is 460 g/mol. The van der Waals surface area contributed by atoms with Crippen molar-refractivity contribution in [3.63, 3.8) is 0 Å². The van der Waals surface area contributed by atoms with Gasteiger partial charge in [0.2, 0.25) is 11.7 Å². The first kappa shape index (κ1) is 22.8. The number of halogens is 3. The van der Waals surface area contributed by atoms with E-state index in [1.807, 2.05) is 13.0 Å². The zero-order valence-corrected chi connectivity index (χ0v) is 18.2. The largest absolute Gasteiger partial charge is 0.496 e. The average Bonchev–Trinajstić information content (AvgIpc) is 3.33. The van der Waals surface area contributed by atoms with Crippen molar-refractivity contribution >= 4 is 5.91 Å². The number of hydrogen-bond acceptors (Lipinski definition) is 6. The summed E-state index contributed by atoms with van der Waals surface area (Å²) in [7, 11) is 1.53. The summed E-state index contributed by atoms with van der Waals surface area (Å²) in [5.74, 6) is 0.857. The van der Waals surface area contributed by atoms with Crippen molar-refractivity contribution in [1.82, 2.24) is 19.9 Å². The van der Waals surface area contributed by atoms with Crippen LogP contribution in [0.1, 0.15) is 34.8 Å². The molecule has 2 heterocycles. The van der Waals surface area contributed by atoms with Gasteiger partial charge in [-0.2, -0.15) is 18.2 Å². The zero-order valence-electron chi connectivity index (χ0n) is 18.2. The van der Waals surface area contributed by atoms with Gasteiger partial charge in [-0.05, 0) is 31.2 Å². The van der Waals surface area contributed by atoms with Crippen LogP contribution in [0.4, 0.5) is 13.2 Å². The Kier molecular flexibility index (Phi) is 6.37. The Hall–Kier alpha value is -3.40. The fourth-order valence-electron chi connectivity index (χ4n) is 3.82. The number of carbonyl (C=O) groups excluding carboxylic acids is 1. The second-order valence-corrected chi connectivity index (χ2v) is 7.74. The van der Waals surface area contributed by atoms with E-state index in [-0.39, 0.29) is 23.3 Å². The van der Waals surface area contributed by atoms with Crippen molar-refractivity contribution in [2.45, 2.75) is 19.1 Å². The topological polar surface area (TPSA) is 71.7 Å². The number of amides is 1. The van der Waals surface area contributed by atoms with Gasteiger partial charge in [0, 0.05) is 31.7 Å². The van der Waals surface area contributed by atoms with Crippen LogP contribution in [0.5, 0.6) is 5.75 Å². The molecule has 4 rings (SSSR count). The van der Waals surface area contributed by atoms with Gasteiger partial charge in [0.1, 0.15) is 5.75 Å². The first-order chi connectivity index (χ1) is 15.8. The molecule has 1 aromatic heterocycles. The van der Waals surface area contributed by atoms with Gasteiger partial charge in [-0.25, -0.2) is 0 Å². The van der Waals surface area contributed by atoms with Crippen LogP contribution in [0.3, 0.4) is 0 Å². The summed E-state index contributed by atoms with van der Waals surface area (Å²) in [6.45, 7) is 4.08. The minimum atomic E-state index is -4.45. The van der Waals surface area contributed by atoms with E-state index in [9.17, 15) is 18.0 Å². The van der Waals surface area contributed by atoms with Gasteiger partial charge in [-0.15, -0.1) is 0 Å². The van der Waals surface area contributed by atoms with Crippen LogP contribution in [0.25, 0.3) is 11.4 Å². The normalized spacial score (nSPS) is 16.0. The molecule has 0 aliphatic carbocycles. The molecular weight excluding hydrogens is 437 g/mol. The number of aromatic nitrogens is 2. The third kappa shape index (κ3) is 4.85. The van der Waals surface area contributed by atoms with Gasteiger partial charge in [0.05, 0.1) is 24.3 Å². The van der Waals surface area contributed by atoms with Crippen molar-refractivity contribution in [1.29, 1.82) is 0 Å². The van der Waals surface area contributed by atoms with Crippen LogP contribution in [0, 0.1) is 0 Å². The lowest BCUT2D eigenvalue weighted by Gasteiger charge is -2.37. The fraction of sp³-hybridized carbons (Fsp3) is 0.348. The van der Waals surface area contributed by atoms with E-state index >= 15 is 0 Å². The Morgan fingerprint density at radius 1 is 1.09 bits per heavy atom. The molecule has 3 aromatic rings. The highest BCUT2D eigenvalue weighted by Crippen LogP contribution is 2.32. The molecule has 2 aromatic carbocycles. The molecule has 33 heavy (non-hydrogen) atoms. The van der Waals surface area contributed by atoms with Crippen molar-refractivity contribution in [3.8, 4) is 17.1 Å². The number of rotatable bonds is 5. The maximum absolute atomic E-state index is 13.0. The highest BCUT2D eigenvalue weighted by molar-refractivity contribution is 5.97. The molecule has 0 radical (unpaired) electrons. The van der Waals surface area contributed by atoms with Gasteiger partial charge in [-0.1, -0.05) is 29.4 Å². The Labute approximate surface area is 188 Å². The number of alkyl halides is 3. The van der Waals surface area contributed by atoms with Crippen molar-refractivity contribution in [2.75, 3.05) is 33.3 Å². The first-order valence-corrected chi connectivity index (χ1v) is 10.5. The standard InChI is InChI=1S/C23H23F3N4O3/c1-15(21-27-20(28-33-21)16-6-5-7-17(14-16)23(24,25)26)29-10-12-30(13-11-29)22(31)18-8-3-4-9-19(18)32-2/h3-9,14-15H,10-13H2,1-2H3/t15-/m0/s1. The molecule has 0 saturated carbocycles. The molecule has 0 N–H and O–H groups in total. The lowest BCUT2D eigenvalue weighted by molar-refractivity contribution is -0.137. The van der Waals surface area contributed by atoms with E-state index < -0.39 is 11.7 Å². The van der Waals surface area contributed by atoms with E-state index in [4.69, 9.17) is 9.26 Å². The molecule has 1 saturated heterocycles. The van der Waals surface area contributed by atoms with Gasteiger partial charge in [0.25, 0.3) is 5.91 Å². The van der Waals surface area contributed by atoms with Crippen LogP contribution in [0.2, 0.25) is 0 Å². The molecule has 1 aliphatic heterocycles. The zero-order chi connectivity index (χ0) is 23.6. The predicted octanol–water partition coefficient (Wildman–Crippen LogP) is 4.28. The maximum atomic E-state index is 13.0. The Morgan fingerprint density at radius 3 is 2.52 bits per heavy atom. The van der Waals surface area contributed by atoms with Crippen LogP contribution in [-0.4, -0.2) is 59.1 Å². The van der Waals surface area contributed by atoms with E-state index in [2.05, 4.69) is 15.0 Å². The smallest absolute Gasteiger partial charge is 0.416 e. The van der Waals surface area contributed by atoms with Crippen molar-refractivity contribution in [3.05, 3.63) is 65.5 Å². The van der Waals surface area contributed by atoms with Crippen molar-refractivity contribution < 1.29 is 27.2 Å². The number of carbonyl (C=O) groups is 1. The monoisotopic (exact) mass is 460 g/mol. The minimum Gasteiger partial charge on any atom is -0.496 e. The number of piperazine rings is 1. The summed E-state index contributed by atoms with van der Waals surface area (Å²) in [5.41, 5.74) is -0.0152. The molecular formula is C23H23F3N4O3. The highest BCUT2D eigenvalue weighted by atomic mass is 19.4. The third-order valence-corrected chi connectivity index (χ3v) is 5.73. The number of ether oxygens (including phenoxy) is 1. The van der Waals surface area contributed by atoms with Gasteiger partial charge in [0.15, 0.2) is 0 Å². The van der Waals surface area contributed by atoms with E-state index in [1.165, 1.54) is 19.2 Å². The minimum absolute atomic E-state index is 0.0932. The van der Waals surface area contributed by atoms with Crippen molar-refractivity contribution in [2.24, 2.45) is 0 Å². The number of methoxy groups -OCH3 is 1.